The lowest BCUT2D eigenvalue weighted by molar-refractivity contribution is 0.0598. The van der Waals surface area contributed by atoms with Crippen molar-refractivity contribution >= 4 is 27.6 Å². The Hall–Kier alpha value is -2.07. The van der Waals surface area contributed by atoms with E-state index in [9.17, 15) is 4.79 Å². The van der Waals surface area contributed by atoms with Crippen LogP contribution >= 0.6 is 15.9 Å². The number of anilines is 1. The van der Waals surface area contributed by atoms with E-state index in [4.69, 9.17) is 4.74 Å². The fraction of sp³-hybridized carbons (Fsp3) is 0.286. The number of rotatable bonds is 2. The molecule has 1 N–H and O–H groups in total. The van der Waals surface area contributed by atoms with Gasteiger partial charge < -0.3 is 10.1 Å². The van der Waals surface area contributed by atoms with Gasteiger partial charge in [0.05, 0.1) is 18.7 Å². The molecule has 2 aromatic carbocycles. The molecule has 0 spiro atoms. The van der Waals surface area contributed by atoms with Crippen LogP contribution in [-0.2, 0) is 4.74 Å². The molecule has 1 aliphatic carbocycles. The predicted molar refractivity (Wildman–Crippen MR) is 103 cm³/mol. The Morgan fingerprint density at radius 1 is 1.28 bits per heavy atom. The minimum absolute atomic E-state index is 0.219. The first-order valence-electron chi connectivity index (χ1n) is 8.50. The SMILES string of the molecule is COC(=O)c1ccc(C)c2c1[C@@H]1C=CC[C@@H]1[C@@H](c1cccc(Br)c1)N2. The van der Waals surface area contributed by atoms with Gasteiger partial charge in [-0.05, 0) is 54.2 Å². The first-order valence-corrected chi connectivity index (χ1v) is 9.30. The van der Waals surface area contributed by atoms with Crippen LogP contribution in [0.25, 0.3) is 0 Å². The number of allylic oxidation sites excluding steroid dienone is 2. The molecule has 1 heterocycles. The maximum atomic E-state index is 12.3. The van der Waals surface area contributed by atoms with Gasteiger partial charge in [-0.25, -0.2) is 4.79 Å². The molecule has 3 nitrogen and oxygen atoms in total. The van der Waals surface area contributed by atoms with Crippen molar-refractivity contribution in [1.29, 1.82) is 0 Å². The van der Waals surface area contributed by atoms with Crippen molar-refractivity contribution in [3.8, 4) is 0 Å². The van der Waals surface area contributed by atoms with E-state index in [0.717, 1.165) is 27.7 Å². The molecule has 0 aromatic heterocycles. The summed E-state index contributed by atoms with van der Waals surface area (Å²) in [6.07, 6.45) is 5.49. The normalized spacial score (nSPS) is 23.6. The van der Waals surface area contributed by atoms with Crippen LogP contribution in [0.15, 0.2) is 53.0 Å². The molecule has 3 atom stereocenters. The maximum Gasteiger partial charge on any atom is 0.338 e. The largest absolute Gasteiger partial charge is 0.465 e. The van der Waals surface area contributed by atoms with Crippen LogP contribution in [-0.4, -0.2) is 13.1 Å². The number of carbonyl (C=O) groups is 1. The summed E-state index contributed by atoms with van der Waals surface area (Å²) < 4.78 is 6.10. The number of methoxy groups -OCH3 is 1. The van der Waals surface area contributed by atoms with Crippen LogP contribution in [0.3, 0.4) is 0 Å². The lowest BCUT2D eigenvalue weighted by Crippen LogP contribution is -2.31. The summed E-state index contributed by atoms with van der Waals surface area (Å²) in [5, 5.41) is 3.73. The molecule has 0 unspecified atom stereocenters. The van der Waals surface area contributed by atoms with Gasteiger partial charge in [-0.3, -0.25) is 0 Å². The zero-order chi connectivity index (χ0) is 17.6. The van der Waals surface area contributed by atoms with Crippen LogP contribution in [0.4, 0.5) is 5.69 Å². The Labute approximate surface area is 156 Å². The van der Waals surface area contributed by atoms with E-state index >= 15 is 0 Å². The van der Waals surface area contributed by atoms with Crippen molar-refractivity contribution < 1.29 is 9.53 Å². The minimum atomic E-state index is -0.266. The molecular formula is C21H20BrNO2. The van der Waals surface area contributed by atoms with Gasteiger partial charge in [0.15, 0.2) is 0 Å². The van der Waals surface area contributed by atoms with Gasteiger partial charge in [0.25, 0.3) is 0 Å². The van der Waals surface area contributed by atoms with E-state index < -0.39 is 0 Å². The number of ether oxygens (including phenoxy) is 1. The maximum absolute atomic E-state index is 12.3. The highest BCUT2D eigenvalue weighted by atomic mass is 79.9. The average molecular weight is 398 g/mol. The van der Waals surface area contributed by atoms with E-state index in [2.05, 4.69) is 58.5 Å². The van der Waals surface area contributed by atoms with Crippen LogP contribution in [0.1, 0.15) is 45.4 Å². The van der Waals surface area contributed by atoms with E-state index in [1.54, 1.807) is 0 Å². The molecular weight excluding hydrogens is 378 g/mol. The standard InChI is InChI=1S/C21H20BrNO2/c1-12-9-10-17(21(24)25-2)18-15-7-4-8-16(15)20(23-19(12)18)13-5-3-6-14(22)11-13/h3-7,9-11,15-16,20,23H,8H2,1-2H3/t15-,16+,20-/m1/s1. The molecule has 2 aromatic rings. The Morgan fingerprint density at radius 2 is 2.12 bits per heavy atom. The molecule has 1 aliphatic heterocycles. The van der Waals surface area contributed by atoms with Crippen molar-refractivity contribution in [2.75, 3.05) is 12.4 Å². The van der Waals surface area contributed by atoms with E-state index in [1.807, 2.05) is 18.2 Å². The van der Waals surface area contributed by atoms with Crippen molar-refractivity contribution in [2.45, 2.75) is 25.3 Å². The molecule has 0 fully saturated rings. The van der Waals surface area contributed by atoms with Gasteiger partial charge in [-0.2, -0.15) is 0 Å². The van der Waals surface area contributed by atoms with Gasteiger partial charge in [0.2, 0.25) is 0 Å². The number of hydrogen-bond donors (Lipinski definition) is 1. The van der Waals surface area contributed by atoms with E-state index in [1.165, 1.54) is 12.7 Å². The van der Waals surface area contributed by atoms with Crippen LogP contribution in [0, 0.1) is 12.8 Å². The summed E-state index contributed by atoms with van der Waals surface area (Å²) in [5.41, 5.74) is 5.24. The van der Waals surface area contributed by atoms with E-state index in [-0.39, 0.29) is 17.9 Å². The van der Waals surface area contributed by atoms with Gasteiger partial charge in [0.1, 0.15) is 0 Å². The zero-order valence-corrected chi connectivity index (χ0v) is 15.8. The zero-order valence-electron chi connectivity index (χ0n) is 14.3. The summed E-state index contributed by atoms with van der Waals surface area (Å²) in [7, 11) is 1.44. The lowest BCUT2D eigenvalue weighted by atomic mass is 9.75. The highest BCUT2D eigenvalue weighted by Gasteiger charge is 2.40. The first-order chi connectivity index (χ1) is 12.1. The second-order valence-electron chi connectivity index (χ2n) is 6.74. The smallest absolute Gasteiger partial charge is 0.338 e. The molecule has 0 saturated carbocycles. The number of esters is 1. The third kappa shape index (κ3) is 2.69. The van der Waals surface area contributed by atoms with Gasteiger partial charge >= 0.3 is 5.97 Å². The molecule has 128 valence electrons. The summed E-state index contributed by atoms with van der Waals surface area (Å²) in [6.45, 7) is 2.09. The summed E-state index contributed by atoms with van der Waals surface area (Å²) in [4.78, 5) is 12.3. The molecule has 0 saturated heterocycles. The highest BCUT2D eigenvalue weighted by molar-refractivity contribution is 9.10. The van der Waals surface area contributed by atoms with E-state index in [0.29, 0.717) is 11.5 Å². The molecule has 4 rings (SSSR count). The number of carbonyl (C=O) groups excluding carboxylic acids is 1. The molecule has 25 heavy (non-hydrogen) atoms. The van der Waals surface area contributed by atoms with Crippen molar-refractivity contribution in [3.05, 3.63) is 75.3 Å². The molecule has 0 radical (unpaired) electrons. The average Bonchev–Trinajstić information content (AvgIpc) is 3.10. The van der Waals surface area contributed by atoms with Gasteiger partial charge in [-0.1, -0.05) is 46.3 Å². The predicted octanol–water partition coefficient (Wildman–Crippen LogP) is 5.37. The Balaban J connectivity index is 1.87. The van der Waals surface area contributed by atoms with Crippen molar-refractivity contribution in [3.63, 3.8) is 0 Å². The molecule has 2 aliphatic rings. The van der Waals surface area contributed by atoms with Crippen LogP contribution in [0.2, 0.25) is 0 Å². The third-order valence-electron chi connectivity index (χ3n) is 5.34. The highest BCUT2D eigenvalue weighted by Crippen LogP contribution is 2.51. The summed E-state index contributed by atoms with van der Waals surface area (Å²) >= 11 is 3.58. The number of nitrogens with one attached hydrogen (secondary N) is 1. The molecule has 0 bridgehead atoms. The monoisotopic (exact) mass is 397 g/mol. The first kappa shape index (κ1) is 16.4. The number of aryl methyl sites for hydroxylation is 1. The Kier molecular flexibility index (Phi) is 4.16. The fourth-order valence-corrected chi connectivity index (χ4v) is 4.59. The number of fused-ring (bicyclic) bond motifs is 3. The molecule has 0 amide bonds. The second-order valence-corrected chi connectivity index (χ2v) is 7.66. The summed E-state index contributed by atoms with van der Waals surface area (Å²) in [5.74, 6) is 0.360. The lowest BCUT2D eigenvalue weighted by Gasteiger charge is -2.39. The van der Waals surface area contributed by atoms with Crippen molar-refractivity contribution in [1.82, 2.24) is 0 Å². The van der Waals surface area contributed by atoms with Crippen LogP contribution in [0.5, 0.6) is 0 Å². The Morgan fingerprint density at radius 3 is 2.88 bits per heavy atom. The number of halogens is 1. The number of benzene rings is 2. The summed E-state index contributed by atoms with van der Waals surface area (Å²) in [6, 6.07) is 12.6. The fourth-order valence-electron chi connectivity index (χ4n) is 4.17. The topological polar surface area (TPSA) is 38.3 Å². The minimum Gasteiger partial charge on any atom is -0.465 e. The Bertz CT molecular complexity index is 874. The second kappa shape index (κ2) is 6.34. The van der Waals surface area contributed by atoms with Gasteiger partial charge in [0, 0.05) is 16.1 Å². The quantitative estimate of drug-likeness (QED) is 0.546. The third-order valence-corrected chi connectivity index (χ3v) is 5.83. The van der Waals surface area contributed by atoms with Gasteiger partial charge in [-0.15, -0.1) is 0 Å². The number of hydrogen-bond acceptors (Lipinski definition) is 3. The molecule has 4 heteroatoms. The van der Waals surface area contributed by atoms with Crippen LogP contribution < -0.4 is 5.32 Å². The van der Waals surface area contributed by atoms with Crippen molar-refractivity contribution in [2.24, 2.45) is 5.92 Å².